The van der Waals surface area contributed by atoms with E-state index in [0.717, 1.165) is 4.90 Å². The van der Waals surface area contributed by atoms with Gasteiger partial charge < -0.3 is 20.1 Å². The number of hydrogen-bond acceptors (Lipinski definition) is 6. The monoisotopic (exact) mass is 363 g/mol. The molecule has 0 saturated carbocycles. The molecule has 4 amide bonds. The molecular weight excluding hydrogens is 342 g/mol. The summed E-state index contributed by atoms with van der Waals surface area (Å²) >= 11 is 0. The van der Waals surface area contributed by atoms with E-state index in [2.05, 4.69) is 10.6 Å². The van der Waals surface area contributed by atoms with Gasteiger partial charge in [0.1, 0.15) is 0 Å². The van der Waals surface area contributed by atoms with Crippen molar-refractivity contribution in [3.05, 3.63) is 35.4 Å². The zero-order chi connectivity index (χ0) is 19.1. The molecule has 0 spiro atoms. The van der Waals surface area contributed by atoms with E-state index in [1.165, 1.54) is 13.2 Å². The Balaban J connectivity index is 1.98. The molecule has 26 heavy (non-hydrogen) atoms. The fourth-order valence-electron chi connectivity index (χ4n) is 2.46. The van der Waals surface area contributed by atoms with Gasteiger partial charge in [-0.25, -0.2) is 9.59 Å². The van der Waals surface area contributed by atoms with Crippen molar-refractivity contribution in [2.24, 2.45) is 0 Å². The minimum atomic E-state index is -0.706. The van der Waals surface area contributed by atoms with E-state index in [1.807, 2.05) is 0 Å². The van der Waals surface area contributed by atoms with Crippen molar-refractivity contribution < 1.29 is 28.7 Å². The van der Waals surface area contributed by atoms with Gasteiger partial charge in [0.15, 0.2) is 6.61 Å². The second kappa shape index (κ2) is 8.95. The minimum absolute atomic E-state index is 0.0486. The molecule has 1 unspecified atom stereocenters. The highest BCUT2D eigenvalue weighted by molar-refractivity contribution is 6.02. The first-order valence-electron chi connectivity index (χ1n) is 8.04. The van der Waals surface area contributed by atoms with Gasteiger partial charge in [-0.3, -0.25) is 14.5 Å². The fraction of sp³-hybridized carbons (Fsp3) is 0.412. The number of nitrogens with zero attached hydrogens (tertiary/aromatic N) is 1. The number of methoxy groups -OCH3 is 1. The second-order valence-electron chi connectivity index (χ2n) is 5.80. The normalized spacial score (nSPS) is 14.8. The number of benzene rings is 1. The van der Waals surface area contributed by atoms with Crippen molar-refractivity contribution in [2.45, 2.75) is 19.5 Å². The van der Waals surface area contributed by atoms with Gasteiger partial charge in [0.05, 0.1) is 25.3 Å². The third-order valence-electron chi connectivity index (χ3n) is 3.66. The van der Waals surface area contributed by atoms with Crippen LogP contribution in [0.25, 0.3) is 0 Å². The summed E-state index contributed by atoms with van der Waals surface area (Å²) in [5.41, 5.74) is 0.647. The summed E-state index contributed by atoms with van der Waals surface area (Å²) in [6.07, 6.45) is 0. The molecule has 2 N–H and O–H groups in total. The number of carbonyl (C=O) groups is 4. The Morgan fingerprint density at radius 1 is 1.31 bits per heavy atom. The Morgan fingerprint density at radius 2 is 2.04 bits per heavy atom. The zero-order valence-corrected chi connectivity index (χ0v) is 14.6. The van der Waals surface area contributed by atoms with Crippen LogP contribution in [0, 0.1) is 0 Å². The molecular formula is C17H21N3O6. The first kappa shape index (κ1) is 19.4. The van der Waals surface area contributed by atoms with Crippen molar-refractivity contribution in [1.82, 2.24) is 15.5 Å². The average molecular weight is 363 g/mol. The number of rotatable bonds is 8. The number of urea groups is 1. The molecule has 0 aliphatic carbocycles. The van der Waals surface area contributed by atoms with Gasteiger partial charge in [0, 0.05) is 13.2 Å². The Morgan fingerprint density at radius 3 is 2.69 bits per heavy atom. The number of ether oxygens (including phenoxy) is 2. The number of amides is 4. The van der Waals surface area contributed by atoms with Crippen molar-refractivity contribution in [3.63, 3.8) is 0 Å². The SMILES string of the molecule is COCC(C)NC(=O)COC(=O)c1ccccc1CN1C(=O)CNC1=O. The van der Waals surface area contributed by atoms with Crippen molar-refractivity contribution in [3.8, 4) is 0 Å². The van der Waals surface area contributed by atoms with Crippen molar-refractivity contribution in [2.75, 3.05) is 26.9 Å². The van der Waals surface area contributed by atoms with Gasteiger partial charge in [0.25, 0.3) is 5.91 Å². The van der Waals surface area contributed by atoms with Gasteiger partial charge >= 0.3 is 12.0 Å². The molecule has 140 valence electrons. The summed E-state index contributed by atoms with van der Waals surface area (Å²) in [6.45, 7) is 1.55. The van der Waals surface area contributed by atoms with Crippen LogP contribution in [0.1, 0.15) is 22.8 Å². The van der Waals surface area contributed by atoms with Gasteiger partial charge in [0.2, 0.25) is 5.91 Å². The minimum Gasteiger partial charge on any atom is -0.452 e. The molecule has 1 aliphatic rings. The quantitative estimate of drug-likeness (QED) is 0.498. The molecule has 2 rings (SSSR count). The van der Waals surface area contributed by atoms with Crippen LogP contribution in [0.4, 0.5) is 4.79 Å². The lowest BCUT2D eigenvalue weighted by Crippen LogP contribution is -2.38. The van der Waals surface area contributed by atoms with Gasteiger partial charge in [-0.15, -0.1) is 0 Å². The number of carbonyl (C=O) groups excluding carboxylic acids is 4. The van der Waals surface area contributed by atoms with E-state index in [9.17, 15) is 19.2 Å². The maximum absolute atomic E-state index is 12.3. The van der Waals surface area contributed by atoms with E-state index >= 15 is 0 Å². The standard InChI is InChI=1S/C17H21N3O6/c1-11(9-25-2)19-14(21)10-26-16(23)13-6-4-3-5-12(13)8-20-15(22)7-18-17(20)24/h3-6,11H,7-10H2,1-2H3,(H,18,24)(H,19,21). The van der Waals surface area contributed by atoms with Crippen molar-refractivity contribution in [1.29, 1.82) is 0 Å². The molecule has 1 saturated heterocycles. The van der Waals surface area contributed by atoms with E-state index in [0.29, 0.717) is 12.2 Å². The molecule has 1 heterocycles. The third-order valence-corrected chi connectivity index (χ3v) is 3.66. The highest BCUT2D eigenvalue weighted by Crippen LogP contribution is 2.15. The maximum Gasteiger partial charge on any atom is 0.338 e. The van der Waals surface area contributed by atoms with E-state index < -0.39 is 24.5 Å². The van der Waals surface area contributed by atoms with Gasteiger partial charge in [-0.1, -0.05) is 18.2 Å². The van der Waals surface area contributed by atoms with Crippen LogP contribution < -0.4 is 10.6 Å². The molecule has 9 heteroatoms. The summed E-state index contributed by atoms with van der Waals surface area (Å²) in [7, 11) is 1.52. The summed E-state index contributed by atoms with van der Waals surface area (Å²) in [5.74, 6) is -1.53. The Labute approximate surface area is 150 Å². The van der Waals surface area contributed by atoms with Crippen LogP contribution in [0.15, 0.2) is 24.3 Å². The van der Waals surface area contributed by atoms with Crippen LogP contribution in [-0.4, -0.2) is 61.6 Å². The highest BCUT2D eigenvalue weighted by Gasteiger charge is 2.29. The second-order valence-corrected chi connectivity index (χ2v) is 5.80. The fourth-order valence-corrected chi connectivity index (χ4v) is 2.46. The predicted octanol–water partition coefficient (Wildman–Crippen LogP) is 0.0463. The molecule has 9 nitrogen and oxygen atoms in total. The summed E-state index contributed by atoms with van der Waals surface area (Å²) in [5, 5.41) is 5.04. The average Bonchev–Trinajstić information content (AvgIpc) is 2.92. The van der Waals surface area contributed by atoms with Crippen LogP contribution in [0.5, 0.6) is 0 Å². The van der Waals surface area contributed by atoms with E-state index in [1.54, 1.807) is 25.1 Å². The zero-order valence-electron chi connectivity index (χ0n) is 14.6. The number of hydrogen-bond donors (Lipinski definition) is 2. The predicted molar refractivity (Wildman–Crippen MR) is 90.2 cm³/mol. The molecule has 1 aromatic carbocycles. The lowest BCUT2D eigenvalue weighted by Gasteiger charge is -2.16. The summed E-state index contributed by atoms with van der Waals surface area (Å²) in [6, 6.07) is 5.73. The smallest absolute Gasteiger partial charge is 0.338 e. The number of nitrogens with one attached hydrogen (secondary N) is 2. The van der Waals surface area contributed by atoms with E-state index in [-0.39, 0.29) is 30.6 Å². The van der Waals surface area contributed by atoms with Crippen LogP contribution >= 0.6 is 0 Å². The lowest BCUT2D eigenvalue weighted by molar-refractivity contribution is -0.125. The molecule has 1 aromatic rings. The molecule has 1 fully saturated rings. The van der Waals surface area contributed by atoms with Crippen molar-refractivity contribution >= 4 is 23.8 Å². The largest absolute Gasteiger partial charge is 0.452 e. The number of esters is 1. The molecule has 0 aromatic heterocycles. The van der Waals surface area contributed by atoms with Gasteiger partial charge in [-0.2, -0.15) is 0 Å². The topological polar surface area (TPSA) is 114 Å². The molecule has 0 bridgehead atoms. The third kappa shape index (κ3) is 5.03. The Kier molecular flexibility index (Phi) is 6.67. The molecule has 1 aliphatic heterocycles. The van der Waals surface area contributed by atoms with Crippen LogP contribution in [0.3, 0.4) is 0 Å². The summed E-state index contributed by atoms with van der Waals surface area (Å²) in [4.78, 5) is 48.4. The van der Waals surface area contributed by atoms with E-state index in [4.69, 9.17) is 9.47 Å². The van der Waals surface area contributed by atoms with Crippen LogP contribution in [0.2, 0.25) is 0 Å². The maximum atomic E-state index is 12.3. The molecule has 1 atom stereocenters. The number of imide groups is 1. The van der Waals surface area contributed by atoms with Crippen LogP contribution in [-0.2, 0) is 25.6 Å². The highest BCUT2D eigenvalue weighted by atomic mass is 16.5. The molecule has 0 radical (unpaired) electrons. The summed E-state index contributed by atoms with van der Waals surface area (Å²) < 4.78 is 9.94. The lowest BCUT2D eigenvalue weighted by atomic mass is 10.1. The Bertz CT molecular complexity index is 689. The first-order chi connectivity index (χ1) is 12.4. The first-order valence-corrected chi connectivity index (χ1v) is 8.04. The van der Waals surface area contributed by atoms with Gasteiger partial charge in [-0.05, 0) is 18.6 Å². The Hall–Kier alpha value is -2.94.